The average Bonchev–Trinajstić information content (AvgIpc) is 3.07. The lowest BCUT2D eigenvalue weighted by atomic mass is 10.2. The maximum absolute atomic E-state index is 12.9. The third-order valence-corrected chi connectivity index (χ3v) is 5.42. The highest BCUT2D eigenvalue weighted by Crippen LogP contribution is 2.22. The van der Waals surface area contributed by atoms with E-state index in [1.165, 1.54) is 11.8 Å². The monoisotopic (exact) mass is 405 g/mol. The van der Waals surface area contributed by atoms with E-state index in [9.17, 15) is 4.79 Å². The molecule has 3 aromatic rings. The number of nitrogens with zero attached hydrogens (tertiary/aromatic N) is 5. The third kappa shape index (κ3) is 5.46. The number of anilines is 1. The average molecular weight is 406 g/mol. The van der Waals surface area contributed by atoms with E-state index < -0.39 is 0 Å². The summed E-state index contributed by atoms with van der Waals surface area (Å²) in [5.74, 6) is 0.985. The van der Waals surface area contributed by atoms with Gasteiger partial charge in [0.05, 0.1) is 24.8 Å². The molecule has 6 nitrogen and oxygen atoms in total. The topological polar surface area (TPSA) is 74.8 Å². The van der Waals surface area contributed by atoms with Crippen molar-refractivity contribution in [2.75, 3.05) is 17.2 Å². The van der Waals surface area contributed by atoms with Gasteiger partial charge >= 0.3 is 0 Å². The zero-order valence-corrected chi connectivity index (χ0v) is 17.4. The molecule has 7 heteroatoms. The van der Waals surface area contributed by atoms with Gasteiger partial charge in [-0.15, -0.1) is 10.2 Å². The second-order valence-corrected chi connectivity index (χ2v) is 7.63. The molecule has 0 radical (unpaired) electrons. The Hall–Kier alpha value is -3.11. The summed E-state index contributed by atoms with van der Waals surface area (Å²) in [5.41, 5.74) is 3.04. The quantitative estimate of drug-likeness (QED) is 0.530. The molecule has 0 aliphatic carbocycles. The summed E-state index contributed by atoms with van der Waals surface area (Å²) >= 11 is 1.37. The van der Waals surface area contributed by atoms with E-state index in [2.05, 4.69) is 28.4 Å². The Kier molecular flexibility index (Phi) is 7.04. The third-order valence-electron chi connectivity index (χ3n) is 4.47. The SMILES string of the molecule is Cc1cccc(N(CCC#N)C(=O)CSc2nnc(C)n2Cc2ccccc2)c1. The van der Waals surface area contributed by atoms with Crippen LogP contribution in [0.15, 0.2) is 59.8 Å². The number of carbonyl (C=O) groups is 1. The van der Waals surface area contributed by atoms with Crippen molar-refractivity contribution in [1.82, 2.24) is 14.8 Å². The molecule has 0 spiro atoms. The fourth-order valence-corrected chi connectivity index (χ4v) is 3.84. The Labute approximate surface area is 175 Å². The van der Waals surface area contributed by atoms with E-state index in [1.807, 2.05) is 60.9 Å². The number of hydrogen-bond donors (Lipinski definition) is 0. The molecule has 1 heterocycles. The molecule has 0 unspecified atom stereocenters. The van der Waals surface area contributed by atoms with Gasteiger partial charge in [0.15, 0.2) is 5.16 Å². The van der Waals surface area contributed by atoms with E-state index in [1.54, 1.807) is 4.90 Å². The van der Waals surface area contributed by atoms with Crippen molar-refractivity contribution in [3.05, 3.63) is 71.5 Å². The van der Waals surface area contributed by atoms with Crippen LogP contribution < -0.4 is 4.90 Å². The smallest absolute Gasteiger partial charge is 0.237 e. The lowest BCUT2D eigenvalue weighted by Crippen LogP contribution is -2.33. The van der Waals surface area contributed by atoms with Crippen LogP contribution in [0.4, 0.5) is 5.69 Å². The first kappa shape index (κ1) is 20.6. The number of aryl methyl sites for hydroxylation is 2. The predicted molar refractivity (Wildman–Crippen MR) is 115 cm³/mol. The first-order chi connectivity index (χ1) is 14.1. The molecule has 2 aromatic carbocycles. The minimum atomic E-state index is -0.0530. The van der Waals surface area contributed by atoms with Crippen LogP contribution in [0, 0.1) is 25.2 Å². The lowest BCUT2D eigenvalue weighted by molar-refractivity contribution is -0.116. The number of aromatic nitrogens is 3. The summed E-state index contributed by atoms with van der Waals surface area (Å²) in [5, 5.41) is 18.1. The van der Waals surface area contributed by atoms with Crippen LogP contribution in [-0.2, 0) is 11.3 Å². The molecule has 0 saturated carbocycles. The lowest BCUT2D eigenvalue weighted by Gasteiger charge is -2.22. The van der Waals surface area contributed by atoms with Crippen molar-refractivity contribution < 1.29 is 4.79 Å². The Morgan fingerprint density at radius 3 is 2.66 bits per heavy atom. The van der Waals surface area contributed by atoms with Crippen LogP contribution in [0.2, 0.25) is 0 Å². The summed E-state index contributed by atoms with van der Waals surface area (Å²) in [6.07, 6.45) is 0.285. The molecular weight excluding hydrogens is 382 g/mol. The molecule has 148 valence electrons. The van der Waals surface area contributed by atoms with Crippen LogP contribution in [0.5, 0.6) is 0 Å². The van der Waals surface area contributed by atoms with Crippen molar-refractivity contribution in [3.8, 4) is 6.07 Å². The number of hydrogen-bond acceptors (Lipinski definition) is 5. The first-order valence-electron chi connectivity index (χ1n) is 9.39. The predicted octanol–water partition coefficient (Wildman–Crippen LogP) is 3.98. The van der Waals surface area contributed by atoms with Gasteiger partial charge in [-0.25, -0.2) is 0 Å². The van der Waals surface area contributed by atoms with Gasteiger partial charge in [-0.3, -0.25) is 4.79 Å². The molecule has 0 bridgehead atoms. The summed E-state index contributed by atoms with van der Waals surface area (Å²) in [4.78, 5) is 14.6. The number of amides is 1. The minimum Gasteiger partial charge on any atom is -0.311 e. The fraction of sp³-hybridized carbons (Fsp3) is 0.273. The zero-order chi connectivity index (χ0) is 20.6. The second-order valence-electron chi connectivity index (χ2n) is 6.68. The number of rotatable bonds is 8. The van der Waals surface area contributed by atoms with Gasteiger partial charge in [0.2, 0.25) is 5.91 Å². The van der Waals surface area contributed by atoms with E-state index in [-0.39, 0.29) is 18.1 Å². The summed E-state index contributed by atoms with van der Waals surface area (Å²) < 4.78 is 2.01. The van der Waals surface area contributed by atoms with E-state index in [4.69, 9.17) is 5.26 Å². The largest absolute Gasteiger partial charge is 0.311 e. The Balaban J connectivity index is 1.72. The fourth-order valence-electron chi connectivity index (χ4n) is 2.98. The zero-order valence-electron chi connectivity index (χ0n) is 16.6. The molecule has 0 aliphatic rings. The molecule has 29 heavy (non-hydrogen) atoms. The first-order valence-corrected chi connectivity index (χ1v) is 10.4. The van der Waals surface area contributed by atoms with Crippen molar-refractivity contribution in [2.45, 2.75) is 32.0 Å². The van der Waals surface area contributed by atoms with Gasteiger partial charge in [-0.2, -0.15) is 5.26 Å². The highest BCUT2D eigenvalue weighted by Gasteiger charge is 2.18. The minimum absolute atomic E-state index is 0.0530. The van der Waals surface area contributed by atoms with Gasteiger partial charge in [-0.05, 0) is 37.1 Å². The van der Waals surface area contributed by atoms with Crippen molar-refractivity contribution in [3.63, 3.8) is 0 Å². The highest BCUT2D eigenvalue weighted by molar-refractivity contribution is 7.99. The van der Waals surface area contributed by atoms with Crippen LogP contribution in [0.25, 0.3) is 0 Å². The van der Waals surface area contributed by atoms with E-state index in [0.717, 1.165) is 22.6 Å². The van der Waals surface area contributed by atoms with Gasteiger partial charge in [-0.1, -0.05) is 54.2 Å². The summed E-state index contributed by atoms with van der Waals surface area (Å²) in [6.45, 7) is 4.93. The standard InChI is InChI=1S/C22H23N5OS/c1-17-8-6-11-20(14-17)26(13-7-12-23)21(28)16-29-22-25-24-18(2)27(22)15-19-9-4-3-5-10-19/h3-6,8-11,14H,7,13,15-16H2,1-2H3. The number of thioether (sulfide) groups is 1. The molecule has 0 saturated heterocycles. The molecule has 3 rings (SSSR count). The molecule has 0 fully saturated rings. The molecular formula is C22H23N5OS. The molecule has 1 aromatic heterocycles. The molecule has 0 aliphatic heterocycles. The van der Waals surface area contributed by atoms with Gasteiger partial charge in [0.25, 0.3) is 0 Å². The van der Waals surface area contributed by atoms with Crippen LogP contribution in [0.3, 0.4) is 0 Å². The van der Waals surface area contributed by atoms with Crippen molar-refractivity contribution >= 4 is 23.4 Å². The van der Waals surface area contributed by atoms with Crippen molar-refractivity contribution in [1.29, 1.82) is 5.26 Å². The maximum Gasteiger partial charge on any atom is 0.237 e. The molecule has 0 atom stereocenters. The Morgan fingerprint density at radius 1 is 1.14 bits per heavy atom. The van der Waals surface area contributed by atoms with Gasteiger partial charge in [0, 0.05) is 12.2 Å². The normalized spacial score (nSPS) is 10.5. The van der Waals surface area contributed by atoms with Gasteiger partial charge in [0.1, 0.15) is 5.82 Å². The van der Waals surface area contributed by atoms with Crippen LogP contribution in [0.1, 0.15) is 23.4 Å². The number of nitriles is 1. The second kappa shape index (κ2) is 9.89. The van der Waals surface area contributed by atoms with E-state index >= 15 is 0 Å². The molecule has 1 amide bonds. The summed E-state index contributed by atoms with van der Waals surface area (Å²) in [7, 11) is 0. The summed E-state index contributed by atoms with van der Waals surface area (Å²) in [6, 6.07) is 20.0. The Bertz CT molecular complexity index is 1010. The van der Waals surface area contributed by atoms with Crippen molar-refractivity contribution in [2.24, 2.45) is 0 Å². The number of benzene rings is 2. The number of carbonyl (C=O) groups excluding carboxylic acids is 1. The maximum atomic E-state index is 12.9. The molecule has 0 N–H and O–H groups in total. The van der Waals surface area contributed by atoms with Crippen LogP contribution >= 0.6 is 11.8 Å². The van der Waals surface area contributed by atoms with E-state index in [0.29, 0.717) is 18.2 Å². The van der Waals surface area contributed by atoms with Crippen LogP contribution in [-0.4, -0.2) is 33.0 Å². The van der Waals surface area contributed by atoms with Gasteiger partial charge < -0.3 is 9.47 Å². The Morgan fingerprint density at radius 2 is 1.93 bits per heavy atom. The highest BCUT2D eigenvalue weighted by atomic mass is 32.2.